The average Bonchev–Trinajstić information content (AvgIpc) is 1.35. The number of allylic oxidation sites excluding steroid dienone is 1. The first kappa shape index (κ1) is 10.9. The van der Waals surface area contributed by atoms with E-state index >= 15 is 0 Å². The van der Waals surface area contributed by atoms with Crippen molar-refractivity contribution in [3.05, 3.63) is 12.7 Å². The minimum atomic E-state index is -0.344. The first-order chi connectivity index (χ1) is 2.77. The van der Waals surface area contributed by atoms with E-state index in [0.29, 0.717) is 0 Å². The van der Waals surface area contributed by atoms with Gasteiger partial charge in [-0.05, 0) is 0 Å². The Kier molecular flexibility index (Phi) is 11.0. The van der Waals surface area contributed by atoms with Crippen molar-refractivity contribution in [3.8, 4) is 0 Å². The fourth-order valence-corrected chi connectivity index (χ4v) is 0.866. The zero-order valence-corrected chi connectivity index (χ0v) is 9.06. The van der Waals surface area contributed by atoms with E-state index < -0.39 is 0 Å². The van der Waals surface area contributed by atoms with Crippen molar-refractivity contribution >= 4 is 8.80 Å². The summed E-state index contributed by atoms with van der Waals surface area (Å²) in [5, 5.41) is 0. The van der Waals surface area contributed by atoms with Crippen LogP contribution in [-0.4, -0.2) is 8.80 Å². The summed E-state index contributed by atoms with van der Waals surface area (Å²) in [4.78, 5) is 0. The molecule has 0 spiro atoms. The van der Waals surface area contributed by atoms with Crippen LogP contribution in [0.3, 0.4) is 0 Å². The van der Waals surface area contributed by atoms with Gasteiger partial charge in [-0.2, -0.15) is 6.04 Å². The van der Waals surface area contributed by atoms with Crippen molar-refractivity contribution in [2.45, 2.75) is 19.1 Å². The summed E-state index contributed by atoms with van der Waals surface area (Å²) >= 11 is 0. The van der Waals surface area contributed by atoms with E-state index in [2.05, 4.69) is 25.7 Å². The molecule has 1 radical (unpaired) electrons. The molecule has 0 saturated carbocycles. The third-order valence-electron chi connectivity index (χ3n) is 0.553. The maximum absolute atomic E-state index is 3.51. The Bertz CT molecular complexity index is 43.3. The minimum absolute atomic E-state index is 0. The van der Waals surface area contributed by atoms with Gasteiger partial charge in [-0.3, -0.25) is 6.58 Å². The predicted molar refractivity (Wildman–Crippen MR) is 32.6 cm³/mol. The molecule has 0 fully saturated rings. The topological polar surface area (TPSA) is 0 Å². The molecule has 0 aliphatic rings. The van der Waals surface area contributed by atoms with E-state index in [1.807, 2.05) is 0 Å². The van der Waals surface area contributed by atoms with Crippen LogP contribution >= 0.6 is 0 Å². The average molecular weight is 188 g/mol. The van der Waals surface area contributed by atoms with Crippen molar-refractivity contribution in [2.75, 3.05) is 0 Å². The van der Waals surface area contributed by atoms with Crippen molar-refractivity contribution in [2.24, 2.45) is 0 Å². The zero-order chi connectivity index (χ0) is 4.99. The SMILES string of the molecule is C=[C-]C[SiH](C)C.[Y]. The van der Waals surface area contributed by atoms with Crippen molar-refractivity contribution < 1.29 is 32.7 Å². The molecular weight excluding hydrogens is 177 g/mol. The Hall–Kier alpha value is 1.06. The van der Waals surface area contributed by atoms with Gasteiger partial charge in [0.1, 0.15) is 0 Å². The van der Waals surface area contributed by atoms with Gasteiger partial charge in [-0.1, -0.05) is 13.1 Å². The molecule has 0 N–H and O–H groups in total. The molecule has 0 unspecified atom stereocenters. The van der Waals surface area contributed by atoms with Crippen LogP contribution in [0.5, 0.6) is 0 Å². The Morgan fingerprint density at radius 3 is 2.00 bits per heavy atom. The summed E-state index contributed by atoms with van der Waals surface area (Å²) in [5.41, 5.74) is 0. The third kappa shape index (κ3) is 11.0. The first-order valence-corrected chi connectivity index (χ1v) is 5.40. The standard InChI is InChI=1S/C5H11Si.Y/c1-4-5-6(2)3;/h6H,1,5H2,2-3H3;/q-1;. The van der Waals surface area contributed by atoms with Crippen LogP contribution in [0.1, 0.15) is 0 Å². The Balaban J connectivity index is 0. The molecular formula is C5H11SiY-. The maximum Gasteiger partial charge on any atom is 0.00173 e. The summed E-state index contributed by atoms with van der Waals surface area (Å²) in [5.74, 6) is 0. The molecule has 0 nitrogen and oxygen atoms in total. The van der Waals surface area contributed by atoms with Gasteiger partial charge in [-0.25, -0.2) is 0 Å². The molecule has 0 aromatic heterocycles. The second kappa shape index (κ2) is 7.06. The monoisotopic (exact) mass is 188 g/mol. The van der Waals surface area contributed by atoms with Crippen molar-refractivity contribution in [1.29, 1.82) is 0 Å². The fourth-order valence-electron chi connectivity index (χ4n) is 0.289. The van der Waals surface area contributed by atoms with Crippen LogP contribution in [0.15, 0.2) is 6.58 Å². The van der Waals surface area contributed by atoms with Gasteiger partial charge in [0.15, 0.2) is 0 Å². The number of hydrogen-bond donors (Lipinski definition) is 0. The zero-order valence-electron chi connectivity index (χ0n) is 5.07. The maximum atomic E-state index is 3.51. The van der Waals surface area contributed by atoms with E-state index in [-0.39, 0.29) is 41.5 Å². The third-order valence-corrected chi connectivity index (χ3v) is 1.66. The van der Waals surface area contributed by atoms with E-state index in [4.69, 9.17) is 0 Å². The molecule has 7 heavy (non-hydrogen) atoms. The van der Waals surface area contributed by atoms with Gasteiger partial charge in [0, 0.05) is 41.5 Å². The molecule has 0 heterocycles. The van der Waals surface area contributed by atoms with Gasteiger partial charge in [-0.15, -0.1) is 0 Å². The summed E-state index contributed by atoms with van der Waals surface area (Å²) in [7, 11) is -0.344. The van der Waals surface area contributed by atoms with Crippen molar-refractivity contribution in [1.82, 2.24) is 0 Å². The molecule has 0 aromatic carbocycles. The molecule has 2 heteroatoms. The van der Waals surface area contributed by atoms with Gasteiger partial charge >= 0.3 is 0 Å². The van der Waals surface area contributed by atoms with E-state index in [1.54, 1.807) is 0 Å². The first-order valence-electron chi connectivity index (χ1n) is 2.27. The molecule has 0 rings (SSSR count). The number of hydrogen-bond acceptors (Lipinski definition) is 0. The van der Waals surface area contributed by atoms with Crippen LogP contribution in [0.4, 0.5) is 0 Å². The predicted octanol–water partition coefficient (Wildman–Crippen LogP) is 1.46. The fraction of sp³-hybridized carbons (Fsp3) is 0.600. The van der Waals surface area contributed by atoms with Gasteiger partial charge < -0.3 is 6.08 Å². The Morgan fingerprint density at radius 2 is 2.00 bits per heavy atom. The molecule has 0 aromatic rings. The number of rotatable bonds is 2. The largest absolute Gasteiger partial charge is 0.507 e. The smallest absolute Gasteiger partial charge is 0.00173 e. The van der Waals surface area contributed by atoms with Crippen LogP contribution in [0.25, 0.3) is 0 Å². The summed E-state index contributed by atoms with van der Waals surface area (Å²) in [6.45, 7) is 8.09. The second-order valence-electron chi connectivity index (χ2n) is 1.85. The van der Waals surface area contributed by atoms with E-state index in [9.17, 15) is 0 Å². The quantitative estimate of drug-likeness (QED) is 0.454. The van der Waals surface area contributed by atoms with Gasteiger partial charge in [0.25, 0.3) is 0 Å². The van der Waals surface area contributed by atoms with Crippen LogP contribution in [0.2, 0.25) is 19.1 Å². The van der Waals surface area contributed by atoms with Gasteiger partial charge in [0.05, 0.1) is 0 Å². The van der Waals surface area contributed by atoms with Crippen LogP contribution < -0.4 is 0 Å². The molecule has 0 amide bonds. The summed E-state index contributed by atoms with van der Waals surface area (Å²) in [6.07, 6.45) is 2.88. The molecule has 0 bridgehead atoms. The second-order valence-corrected chi connectivity index (χ2v) is 5.04. The molecule has 0 atom stereocenters. The molecule has 0 saturated heterocycles. The van der Waals surface area contributed by atoms with Crippen LogP contribution in [0, 0.1) is 6.08 Å². The molecule has 39 valence electrons. The van der Waals surface area contributed by atoms with Crippen LogP contribution in [-0.2, 0) is 32.7 Å². The van der Waals surface area contributed by atoms with Crippen molar-refractivity contribution in [3.63, 3.8) is 0 Å². The van der Waals surface area contributed by atoms with E-state index in [0.717, 1.165) is 6.04 Å². The van der Waals surface area contributed by atoms with Gasteiger partial charge in [0.2, 0.25) is 0 Å². The molecule has 0 aliphatic heterocycles. The summed E-state index contributed by atoms with van der Waals surface area (Å²) < 4.78 is 0. The Morgan fingerprint density at radius 1 is 1.57 bits per heavy atom. The Labute approximate surface area is 72.9 Å². The normalized spacial score (nSPS) is 7.86. The van der Waals surface area contributed by atoms with E-state index in [1.165, 1.54) is 0 Å². The summed E-state index contributed by atoms with van der Waals surface area (Å²) in [6, 6.07) is 1.15. The molecule has 0 aliphatic carbocycles. The minimum Gasteiger partial charge on any atom is -0.507 e.